The number of benzene rings is 1. The Bertz CT molecular complexity index is 521. The zero-order valence-corrected chi connectivity index (χ0v) is 10.1. The summed E-state index contributed by atoms with van der Waals surface area (Å²) in [5, 5.41) is 9.64. The molecule has 0 aliphatic rings. The molecule has 1 heterocycles. The predicted octanol–water partition coefficient (Wildman–Crippen LogP) is 1.35. The second kappa shape index (κ2) is 5.72. The standard InChI is InChI=1S/C12H15N5O/c1-18-11-5-3-2-4-10(11)16-12(13)14-8-9-6-7-15-17-9/h2-7H,8H2,1H3,(H,15,17)(H3,13,14,16). The van der Waals surface area contributed by atoms with Gasteiger partial charge in [-0.25, -0.2) is 4.99 Å². The number of nitrogens with one attached hydrogen (secondary N) is 2. The minimum absolute atomic E-state index is 0.328. The van der Waals surface area contributed by atoms with Gasteiger partial charge in [-0.1, -0.05) is 12.1 Å². The third kappa shape index (κ3) is 3.00. The quantitative estimate of drug-likeness (QED) is 0.560. The summed E-state index contributed by atoms with van der Waals surface area (Å²) in [5.74, 6) is 1.05. The van der Waals surface area contributed by atoms with Crippen LogP contribution >= 0.6 is 0 Å². The number of rotatable bonds is 4. The molecule has 2 aromatic rings. The van der Waals surface area contributed by atoms with Gasteiger partial charge in [0.1, 0.15) is 5.75 Å². The van der Waals surface area contributed by atoms with Crippen LogP contribution in [0.15, 0.2) is 41.5 Å². The molecule has 0 aliphatic carbocycles. The van der Waals surface area contributed by atoms with Crippen LogP contribution in [0.1, 0.15) is 5.69 Å². The van der Waals surface area contributed by atoms with Gasteiger partial charge in [0, 0.05) is 6.20 Å². The van der Waals surface area contributed by atoms with E-state index < -0.39 is 0 Å². The Morgan fingerprint density at radius 1 is 1.44 bits per heavy atom. The van der Waals surface area contributed by atoms with E-state index in [9.17, 15) is 0 Å². The fourth-order valence-corrected chi connectivity index (χ4v) is 1.47. The van der Waals surface area contributed by atoms with Crippen molar-refractivity contribution in [3.63, 3.8) is 0 Å². The SMILES string of the molecule is COc1ccccc1NC(N)=NCc1ccn[nH]1. The van der Waals surface area contributed by atoms with Crippen LogP contribution in [0.2, 0.25) is 0 Å². The third-order valence-corrected chi connectivity index (χ3v) is 2.35. The Morgan fingerprint density at radius 3 is 3.00 bits per heavy atom. The van der Waals surface area contributed by atoms with Crippen LogP contribution in [0.3, 0.4) is 0 Å². The molecule has 1 aromatic carbocycles. The first kappa shape index (κ1) is 12.0. The topological polar surface area (TPSA) is 88.3 Å². The van der Waals surface area contributed by atoms with Crippen molar-refractivity contribution >= 4 is 11.6 Å². The lowest BCUT2D eigenvalue weighted by atomic mass is 10.3. The molecule has 94 valence electrons. The summed E-state index contributed by atoms with van der Waals surface area (Å²) in [5.41, 5.74) is 7.48. The zero-order valence-electron chi connectivity index (χ0n) is 10.1. The number of guanidine groups is 1. The van der Waals surface area contributed by atoms with Gasteiger partial charge in [0.15, 0.2) is 5.96 Å². The second-order valence-corrected chi connectivity index (χ2v) is 3.61. The van der Waals surface area contributed by atoms with E-state index in [1.165, 1.54) is 0 Å². The van der Waals surface area contributed by atoms with Crippen molar-refractivity contribution < 1.29 is 4.74 Å². The molecule has 4 N–H and O–H groups in total. The molecule has 18 heavy (non-hydrogen) atoms. The normalized spacial score (nSPS) is 11.3. The maximum Gasteiger partial charge on any atom is 0.193 e. The van der Waals surface area contributed by atoms with Crippen molar-refractivity contribution in [3.05, 3.63) is 42.2 Å². The molecule has 1 aromatic heterocycles. The lowest BCUT2D eigenvalue weighted by Gasteiger charge is -2.09. The lowest BCUT2D eigenvalue weighted by molar-refractivity contribution is 0.417. The molecule has 0 unspecified atom stereocenters. The molecule has 0 radical (unpaired) electrons. The van der Waals surface area contributed by atoms with Crippen LogP contribution in [0.4, 0.5) is 5.69 Å². The van der Waals surface area contributed by atoms with E-state index in [0.29, 0.717) is 12.5 Å². The van der Waals surface area contributed by atoms with Gasteiger partial charge in [0.05, 0.1) is 25.0 Å². The highest BCUT2D eigenvalue weighted by Gasteiger charge is 2.02. The van der Waals surface area contributed by atoms with E-state index in [4.69, 9.17) is 10.5 Å². The van der Waals surface area contributed by atoms with Crippen LogP contribution in [0.25, 0.3) is 0 Å². The molecule has 6 heteroatoms. The van der Waals surface area contributed by atoms with Crippen LogP contribution in [0, 0.1) is 0 Å². The fourth-order valence-electron chi connectivity index (χ4n) is 1.47. The van der Waals surface area contributed by atoms with Crippen molar-refractivity contribution in [3.8, 4) is 5.75 Å². The summed E-state index contributed by atoms with van der Waals surface area (Å²) in [6.45, 7) is 0.452. The molecule has 0 aliphatic heterocycles. The summed E-state index contributed by atoms with van der Waals surface area (Å²) < 4.78 is 5.21. The maximum absolute atomic E-state index is 5.79. The first-order chi connectivity index (χ1) is 8.79. The summed E-state index contributed by atoms with van der Waals surface area (Å²) in [4.78, 5) is 4.19. The van der Waals surface area contributed by atoms with Gasteiger partial charge in [0.2, 0.25) is 0 Å². The number of hydrogen-bond donors (Lipinski definition) is 3. The van der Waals surface area contributed by atoms with Gasteiger partial charge in [-0.05, 0) is 18.2 Å². The average Bonchev–Trinajstić information content (AvgIpc) is 2.90. The summed E-state index contributed by atoms with van der Waals surface area (Å²) in [7, 11) is 1.61. The van der Waals surface area contributed by atoms with Gasteiger partial charge >= 0.3 is 0 Å². The smallest absolute Gasteiger partial charge is 0.193 e. The van der Waals surface area contributed by atoms with Crippen LogP contribution in [0.5, 0.6) is 5.75 Å². The number of aliphatic imine (C=N–C) groups is 1. The number of nitrogens with zero attached hydrogens (tertiary/aromatic N) is 2. The van der Waals surface area contributed by atoms with Crippen molar-refractivity contribution in [2.24, 2.45) is 10.7 Å². The highest BCUT2D eigenvalue weighted by atomic mass is 16.5. The number of aromatic nitrogens is 2. The van der Waals surface area contributed by atoms with Gasteiger partial charge in [0.25, 0.3) is 0 Å². The molecule has 0 amide bonds. The van der Waals surface area contributed by atoms with Crippen LogP contribution < -0.4 is 15.8 Å². The highest BCUT2D eigenvalue weighted by Crippen LogP contribution is 2.22. The van der Waals surface area contributed by atoms with E-state index >= 15 is 0 Å². The summed E-state index contributed by atoms with van der Waals surface area (Å²) in [6, 6.07) is 9.36. The fraction of sp³-hybridized carbons (Fsp3) is 0.167. The Labute approximate surface area is 105 Å². The zero-order chi connectivity index (χ0) is 12.8. The Kier molecular flexibility index (Phi) is 3.80. The highest BCUT2D eigenvalue weighted by molar-refractivity contribution is 5.93. The molecule has 2 rings (SSSR count). The van der Waals surface area contributed by atoms with E-state index in [2.05, 4.69) is 20.5 Å². The molecule has 0 fully saturated rings. The number of hydrogen-bond acceptors (Lipinski definition) is 3. The van der Waals surface area contributed by atoms with Crippen LogP contribution in [-0.4, -0.2) is 23.3 Å². The maximum atomic E-state index is 5.79. The molecule has 0 bridgehead atoms. The monoisotopic (exact) mass is 245 g/mol. The Morgan fingerprint density at radius 2 is 2.28 bits per heavy atom. The second-order valence-electron chi connectivity index (χ2n) is 3.61. The molecular formula is C12H15N5O. The Balaban J connectivity index is 2.02. The largest absolute Gasteiger partial charge is 0.495 e. The number of para-hydroxylation sites is 2. The predicted molar refractivity (Wildman–Crippen MR) is 70.5 cm³/mol. The van der Waals surface area contributed by atoms with Crippen molar-refractivity contribution in [2.75, 3.05) is 12.4 Å². The van der Waals surface area contributed by atoms with Gasteiger partial charge in [-0.15, -0.1) is 0 Å². The van der Waals surface area contributed by atoms with E-state index in [1.807, 2.05) is 30.3 Å². The van der Waals surface area contributed by atoms with Gasteiger partial charge in [-0.3, -0.25) is 5.10 Å². The molecular weight excluding hydrogens is 230 g/mol. The van der Waals surface area contributed by atoms with Gasteiger partial charge < -0.3 is 15.8 Å². The van der Waals surface area contributed by atoms with E-state index in [1.54, 1.807) is 13.3 Å². The molecule has 0 saturated carbocycles. The third-order valence-electron chi connectivity index (χ3n) is 2.35. The first-order valence-electron chi connectivity index (χ1n) is 5.48. The minimum Gasteiger partial charge on any atom is -0.495 e. The van der Waals surface area contributed by atoms with Crippen molar-refractivity contribution in [2.45, 2.75) is 6.54 Å². The molecule has 6 nitrogen and oxygen atoms in total. The number of nitrogens with two attached hydrogens (primary N) is 1. The van der Waals surface area contributed by atoms with Crippen molar-refractivity contribution in [1.29, 1.82) is 0 Å². The number of anilines is 1. The first-order valence-corrected chi connectivity index (χ1v) is 5.48. The molecule has 0 saturated heterocycles. The van der Waals surface area contributed by atoms with E-state index in [-0.39, 0.29) is 0 Å². The summed E-state index contributed by atoms with van der Waals surface area (Å²) >= 11 is 0. The van der Waals surface area contributed by atoms with E-state index in [0.717, 1.165) is 17.1 Å². The number of aromatic amines is 1. The molecule has 0 spiro atoms. The van der Waals surface area contributed by atoms with Crippen LogP contribution in [-0.2, 0) is 6.54 Å². The Hall–Kier alpha value is -2.50. The summed E-state index contributed by atoms with van der Waals surface area (Å²) in [6.07, 6.45) is 1.68. The average molecular weight is 245 g/mol. The molecule has 0 atom stereocenters. The number of ether oxygens (including phenoxy) is 1. The number of H-pyrrole nitrogens is 1. The van der Waals surface area contributed by atoms with Gasteiger partial charge in [-0.2, -0.15) is 5.10 Å². The lowest BCUT2D eigenvalue weighted by Crippen LogP contribution is -2.22. The van der Waals surface area contributed by atoms with Crippen molar-refractivity contribution in [1.82, 2.24) is 10.2 Å². The minimum atomic E-state index is 0.328. The number of methoxy groups -OCH3 is 1.